The number of carbonyl (C=O) groups excluding carboxylic acids is 1. The molecule has 104 valence electrons. The Balaban J connectivity index is 1.87. The lowest BCUT2D eigenvalue weighted by atomic mass is 10.2. The van der Waals surface area contributed by atoms with Crippen LogP contribution in [-0.4, -0.2) is 37.2 Å². The molecule has 0 radical (unpaired) electrons. The van der Waals surface area contributed by atoms with Crippen molar-refractivity contribution in [3.8, 4) is 0 Å². The Morgan fingerprint density at radius 3 is 3.00 bits per heavy atom. The lowest BCUT2D eigenvalue weighted by molar-refractivity contribution is 0.127. The molecular formula is C14H19ClN2O2. The van der Waals surface area contributed by atoms with Crippen molar-refractivity contribution >= 4 is 23.4 Å². The molecule has 1 aromatic rings. The Bertz CT molecular complexity index is 445. The highest BCUT2D eigenvalue weighted by Crippen LogP contribution is 2.25. The van der Waals surface area contributed by atoms with Crippen LogP contribution in [0.3, 0.4) is 0 Å². The molecule has 0 aliphatic carbocycles. The molecule has 1 saturated heterocycles. The lowest BCUT2D eigenvalue weighted by Gasteiger charge is -2.19. The normalized spacial score (nSPS) is 19.4. The van der Waals surface area contributed by atoms with Gasteiger partial charge < -0.3 is 9.64 Å². The number of benzene rings is 1. The molecule has 4 nitrogen and oxygen atoms in total. The summed E-state index contributed by atoms with van der Waals surface area (Å²) in [6, 6.07) is 5.82. The van der Waals surface area contributed by atoms with Crippen LogP contribution in [0.4, 0.5) is 10.5 Å². The van der Waals surface area contributed by atoms with Crippen LogP contribution < -0.4 is 5.32 Å². The Morgan fingerprint density at radius 2 is 2.37 bits per heavy atom. The number of para-hydroxylation sites is 1. The molecule has 5 heteroatoms. The monoisotopic (exact) mass is 282 g/mol. The van der Waals surface area contributed by atoms with Gasteiger partial charge in [0.15, 0.2) is 0 Å². The van der Waals surface area contributed by atoms with E-state index in [9.17, 15) is 4.79 Å². The van der Waals surface area contributed by atoms with E-state index in [0.717, 1.165) is 24.9 Å². The van der Waals surface area contributed by atoms with Crippen molar-refractivity contribution in [2.75, 3.05) is 25.5 Å². The second-order valence-electron chi connectivity index (χ2n) is 4.93. The Morgan fingerprint density at radius 1 is 1.58 bits per heavy atom. The Labute approximate surface area is 118 Å². The number of likely N-dealkylation sites (tertiary alicyclic amines) is 1. The Kier molecular flexibility index (Phi) is 4.66. The summed E-state index contributed by atoms with van der Waals surface area (Å²) in [5, 5.41) is 3.23. The molecule has 1 atom stereocenters. The fourth-order valence-corrected chi connectivity index (χ4v) is 2.56. The number of nitrogens with zero attached hydrogens (tertiary/aromatic N) is 1. The van der Waals surface area contributed by atoms with Crippen molar-refractivity contribution in [3.05, 3.63) is 28.8 Å². The highest BCUT2D eigenvalue weighted by molar-refractivity contribution is 6.33. The largest absolute Gasteiger partial charge is 0.448 e. The third kappa shape index (κ3) is 3.61. The number of ether oxygens (including phenoxy) is 1. The molecular weight excluding hydrogens is 264 g/mol. The molecule has 0 bridgehead atoms. The van der Waals surface area contributed by atoms with Gasteiger partial charge in [0.2, 0.25) is 0 Å². The maximum absolute atomic E-state index is 11.8. The van der Waals surface area contributed by atoms with Crippen LogP contribution in [0.5, 0.6) is 0 Å². The van der Waals surface area contributed by atoms with Crippen molar-refractivity contribution in [2.45, 2.75) is 25.8 Å². The quantitative estimate of drug-likeness (QED) is 0.925. The van der Waals surface area contributed by atoms with Gasteiger partial charge in [0.25, 0.3) is 0 Å². The van der Waals surface area contributed by atoms with E-state index in [1.54, 1.807) is 6.07 Å². The van der Waals surface area contributed by atoms with Crippen LogP contribution in [0.15, 0.2) is 18.2 Å². The maximum Gasteiger partial charge on any atom is 0.411 e. The molecule has 0 saturated carbocycles. The first-order chi connectivity index (χ1) is 9.08. The van der Waals surface area contributed by atoms with E-state index in [-0.39, 0.29) is 0 Å². The summed E-state index contributed by atoms with van der Waals surface area (Å²) >= 11 is 6.05. The summed E-state index contributed by atoms with van der Waals surface area (Å²) in [7, 11) is 2.05. The summed E-state index contributed by atoms with van der Waals surface area (Å²) in [6.45, 7) is 3.39. The second-order valence-corrected chi connectivity index (χ2v) is 5.34. The van der Waals surface area contributed by atoms with Crippen LogP contribution in [0, 0.1) is 6.92 Å². The third-order valence-electron chi connectivity index (χ3n) is 3.53. The maximum atomic E-state index is 11.8. The highest BCUT2D eigenvalue weighted by atomic mass is 35.5. The van der Waals surface area contributed by atoms with E-state index < -0.39 is 6.09 Å². The molecule has 1 aromatic carbocycles. The van der Waals surface area contributed by atoms with Crippen LogP contribution in [0.2, 0.25) is 5.02 Å². The average molecular weight is 283 g/mol. The SMILES string of the molecule is Cc1cccc(Cl)c1NC(=O)OCC1CCCN1C. The van der Waals surface area contributed by atoms with Gasteiger partial charge in [-0.05, 0) is 45.0 Å². The van der Waals surface area contributed by atoms with Crippen LogP contribution in [-0.2, 0) is 4.74 Å². The van der Waals surface area contributed by atoms with E-state index in [1.165, 1.54) is 0 Å². The zero-order valence-electron chi connectivity index (χ0n) is 11.3. The minimum absolute atomic E-state index is 0.332. The van der Waals surface area contributed by atoms with Crippen molar-refractivity contribution in [2.24, 2.45) is 0 Å². The minimum atomic E-state index is -0.448. The predicted octanol–water partition coefficient (Wildman–Crippen LogP) is 3.29. The number of aryl methyl sites for hydroxylation is 1. The zero-order chi connectivity index (χ0) is 13.8. The van der Waals surface area contributed by atoms with Crippen molar-refractivity contribution in [1.82, 2.24) is 4.90 Å². The topological polar surface area (TPSA) is 41.6 Å². The number of carbonyl (C=O) groups is 1. The Hall–Kier alpha value is -1.26. The molecule has 19 heavy (non-hydrogen) atoms. The van der Waals surface area contributed by atoms with Crippen molar-refractivity contribution in [1.29, 1.82) is 0 Å². The standard InChI is InChI=1S/C14H19ClN2O2/c1-10-5-3-7-12(15)13(10)16-14(18)19-9-11-6-4-8-17(11)2/h3,5,7,11H,4,6,8-9H2,1-2H3,(H,16,18). The molecule has 1 heterocycles. The number of rotatable bonds is 3. The number of hydrogen-bond donors (Lipinski definition) is 1. The van der Waals surface area contributed by atoms with Gasteiger partial charge in [0.05, 0.1) is 10.7 Å². The summed E-state index contributed by atoms with van der Waals surface area (Å²) in [4.78, 5) is 14.0. The molecule has 1 amide bonds. The van der Waals surface area contributed by atoms with Crippen LogP contribution in [0.25, 0.3) is 0 Å². The smallest absolute Gasteiger partial charge is 0.411 e. The van der Waals surface area contributed by atoms with Gasteiger partial charge in [-0.1, -0.05) is 23.7 Å². The highest BCUT2D eigenvalue weighted by Gasteiger charge is 2.22. The second kappa shape index (κ2) is 6.26. The number of amides is 1. The van der Waals surface area contributed by atoms with E-state index >= 15 is 0 Å². The lowest BCUT2D eigenvalue weighted by Crippen LogP contribution is -2.31. The van der Waals surface area contributed by atoms with Gasteiger partial charge in [0, 0.05) is 6.04 Å². The molecule has 0 aromatic heterocycles. The van der Waals surface area contributed by atoms with E-state index in [2.05, 4.69) is 17.3 Å². The van der Waals surface area contributed by atoms with Gasteiger partial charge in [0.1, 0.15) is 6.61 Å². The van der Waals surface area contributed by atoms with Gasteiger partial charge in [-0.25, -0.2) is 4.79 Å². The van der Waals surface area contributed by atoms with Gasteiger partial charge in [-0.2, -0.15) is 0 Å². The first-order valence-electron chi connectivity index (χ1n) is 6.47. The summed E-state index contributed by atoms with van der Waals surface area (Å²) < 4.78 is 5.26. The number of halogens is 1. The summed E-state index contributed by atoms with van der Waals surface area (Å²) in [5.41, 5.74) is 1.54. The summed E-state index contributed by atoms with van der Waals surface area (Å²) in [5.74, 6) is 0. The van der Waals surface area contributed by atoms with E-state index in [4.69, 9.17) is 16.3 Å². The van der Waals surface area contributed by atoms with E-state index in [0.29, 0.717) is 23.4 Å². The van der Waals surface area contributed by atoms with E-state index in [1.807, 2.05) is 19.1 Å². The molecule has 2 rings (SSSR count). The average Bonchev–Trinajstić information content (AvgIpc) is 2.77. The zero-order valence-corrected chi connectivity index (χ0v) is 12.0. The first-order valence-corrected chi connectivity index (χ1v) is 6.85. The predicted molar refractivity (Wildman–Crippen MR) is 76.8 cm³/mol. The number of hydrogen-bond acceptors (Lipinski definition) is 3. The molecule has 1 fully saturated rings. The van der Waals surface area contributed by atoms with Crippen LogP contribution >= 0.6 is 11.6 Å². The number of likely N-dealkylation sites (N-methyl/N-ethyl adjacent to an activating group) is 1. The van der Waals surface area contributed by atoms with Gasteiger partial charge in [-0.15, -0.1) is 0 Å². The van der Waals surface area contributed by atoms with Crippen LogP contribution in [0.1, 0.15) is 18.4 Å². The number of nitrogens with one attached hydrogen (secondary N) is 1. The molecule has 1 aliphatic heterocycles. The molecule has 1 N–H and O–H groups in total. The third-order valence-corrected chi connectivity index (χ3v) is 3.84. The van der Waals surface area contributed by atoms with Crippen molar-refractivity contribution < 1.29 is 9.53 Å². The van der Waals surface area contributed by atoms with Gasteiger partial charge >= 0.3 is 6.09 Å². The fourth-order valence-electron chi connectivity index (χ4n) is 2.29. The number of anilines is 1. The first kappa shape index (κ1) is 14.2. The molecule has 1 aliphatic rings. The molecule has 0 spiro atoms. The summed E-state index contributed by atoms with van der Waals surface area (Å²) in [6.07, 6.45) is 1.79. The fraction of sp³-hybridized carbons (Fsp3) is 0.500. The minimum Gasteiger partial charge on any atom is -0.448 e. The van der Waals surface area contributed by atoms with Gasteiger partial charge in [-0.3, -0.25) is 5.32 Å². The molecule has 1 unspecified atom stereocenters. The van der Waals surface area contributed by atoms with Crippen molar-refractivity contribution in [3.63, 3.8) is 0 Å².